The highest BCUT2D eigenvalue weighted by molar-refractivity contribution is 5.83. The smallest absolute Gasteiger partial charge is 0.311 e. The van der Waals surface area contributed by atoms with E-state index in [4.69, 9.17) is 0 Å². The van der Waals surface area contributed by atoms with Gasteiger partial charge in [0.2, 0.25) is 5.91 Å². The molecule has 1 aliphatic carbocycles. The van der Waals surface area contributed by atoms with Crippen LogP contribution in [-0.2, 0) is 9.59 Å². The fourth-order valence-corrected chi connectivity index (χ4v) is 3.24. The van der Waals surface area contributed by atoms with E-state index in [2.05, 4.69) is 17.6 Å². The van der Waals surface area contributed by atoms with Crippen LogP contribution < -0.4 is 10.6 Å². The number of rotatable bonds is 4. The monoisotopic (exact) mass is 282 g/mol. The van der Waals surface area contributed by atoms with Crippen LogP contribution in [0.25, 0.3) is 0 Å². The molecule has 0 radical (unpaired) electrons. The number of amides is 1. The van der Waals surface area contributed by atoms with Crippen molar-refractivity contribution in [3.8, 4) is 0 Å². The average Bonchev–Trinajstić information content (AvgIpc) is 2.47. The van der Waals surface area contributed by atoms with E-state index in [1.165, 1.54) is 0 Å². The van der Waals surface area contributed by atoms with Gasteiger partial charge in [-0.15, -0.1) is 0 Å². The van der Waals surface area contributed by atoms with Crippen LogP contribution in [0, 0.1) is 11.3 Å². The Hall–Kier alpha value is -1.10. The number of carbonyl (C=O) groups excluding carboxylic acids is 1. The lowest BCUT2D eigenvalue weighted by atomic mass is 9.70. The Kier molecular flexibility index (Phi) is 5.02. The van der Waals surface area contributed by atoms with Gasteiger partial charge in [-0.25, -0.2) is 0 Å². The molecule has 0 aromatic carbocycles. The second kappa shape index (κ2) is 6.57. The van der Waals surface area contributed by atoms with E-state index in [9.17, 15) is 14.7 Å². The van der Waals surface area contributed by atoms with Crippen LogP contribution >= 0.6 is 0 Å². The zero-order chi connectivity index (χ0) is 14.6. The minimum Gasteiger partial charge on any atom is -0.481 e. The van der Waals surface area contributed by atoms with Crippen LogP contribution in [0.15, 0.2) is 0 Å². The zero-order valence-electron chi connectivity index (χ0n) is 12.3. The number of aliphatic carboxylic acids is 1. The number of carbonyl (C=O) groups is 2. The van der Waals surface area contributed by atoms with Gasteiger partial charge in [0.1, 0.15) is 0 Å². The Labute approximate surface area is 120 Å². The van der Waals surface area contributed by atoms with Crippen LogP contribution in [0.3, 0.4) is 0 Å². The second-order valence-electron chi connectivity index (χ2n) is 6.49. The molecule has 0 spiro atoms. The second-order valence-corrected chi connectivity index (χ2v) is 6.49. The molecule has 1 unspecified atom stereocenters. The fourth-order valence-electron chi connectivity index (χ4n) is 3.24. The highest BCUT2D eigenvalue weighted by Crippen LogP contribution is 2.38. The van der Waals surface area contributed by atoms with E-state index in [1.54, 1.807) is 0 Å². The molecule has 1 heterocycles. The summed E-state index contributed by atoms with van der Waals surface area (Å²) in [6, 6.07) is -0.142. The lowest BCUT2D eigenvalue weighted by Gasteiger charge is -2.36. The average molecular weight is 282 g/mol. The van der Waals surface area contributed by atoms with Crippen molar-refractivity contribution in [2.45, 2.75) is 57.9 Å². The van der Waals surface area contributed by atoms with Crippen molar-refractivity contribution in [3.05, 3.63) is 0 Å². The van der Waals surface area contributed by atoms with Crippen molar-refractivity contribution in [2.75, 3.05) is 13.1 Å². The first-order valence-electron chi connectivity index (χ1n) is 7.78. The van der Waals surface area contributed by atoms with E-state index in [-0.39, 0.29) is 18.5 Å². The first kappa shape index (κ1) is 15.3. The van der Waals surface area contributed by atoms with Gasteiger partial charge in [0.05, 0.1) is 11.5 Å². The van der Waals surface area contributed by atoms with E-state index in [0.29, 0.717) is 18.8 Å². The van der Waals surface area contributed by atoms with Gasteiger partial charge >= 0.3 is 5.97 Å². The molecule has 2 fully saturated rings. The Morgan fingerprint density at radius 3 is 2.50 bits per heavy atom. The minimum absolute atomic E-state index is 0.0380. The molecule has 1 amide bonds. The molecule has 20 heavy (non-hydrogen) atoms. The molecule has 5 nitrogen and oxygen atoms in total. The Morgan fingerprint density at radius 1 is 1.25 bits per heavy atom. The van der Waals surface area contributed by atoms with Gasteiger partial charge in [0.15, 0.2) is 0 Å². The summed E-state index contributed by atoms with van der Waals surface area (Å²) in [5.41, 5.74) is -0.753. The standard InChI is InChI=1S/C15H26N2O3/c1-11-5-7-15(8-6-11,14(19)20)10-17-13(18)12-4-2-3-9-16-12/h11-12,16H,2-10H2,1H3,(H,17,18)(H,19,20). The van der Waals surface area contributed by atoms with Crippen molar-refractivity contribution < 1.29 is 14.7 Å². The molecule has 1 atom stereocenters. The summed E-state index contributed by atoms with van der Waals surface area (Å²) in [5.74, 6) is -0.205. The molecule has 1 saturated carbocycles. The number of nitrogens with one attached hydrogen (secondary N) is 2. The summed E-state index contributed by atoms with van der Waals surface area (Å²) in [5, 5.41) is 15.6. The van der Waals surface area contributed by atoms with E-state index < -0.39 is 11.4 Å². The van der Waals surface area contributed by atoms with Gasteiger partial charge in [0, 0.05) is 6.54 Å². The van der Waals surface area contributed by atoms with Gasteiger partial charge in [-0.1, -0.05) is 13.3 Å². The Balaban J connectivity index is 1.89. The highest BCUT2D eigenvalue weighted by atomic mass is 16.4. The highest BCUT2D eigenvalue weighted by Gasteiger charge is 2.41. The molecule has 1 aliphatic heterocycles. The first-order chi connectivity index (χ1) is 9.53. The van der Waals surface area contributed by atoms with Crippen LogP contribution in [0.1, 0.15) is 51.9 Å². The van der Waals surface area contributed by atoms with Gasteiger partial charge in [-0.3, -0.25) is 9.59 Å². The maximum absolute atomic E-state index is 12.1. The SMILES string of the molecule is CC1CCC(CNC(=O)C2CCCCN2)(C(=O)O)CC1. The fraction of sp³-hybridized carbons (Fsp3) is 0.867. The summed E-state index contributed by atoms with van der Waals surface area (Å²) in [6.45, 7) is 3.31. The van der Waals surface area contributed by atoms with Crippen LogP contribution in [0.4, 0.5) is 0 Å². The quantitative estimate of drug-likeness (QED) is 0.730. The van der Waals surface area contributed by atoms with Gasteiger partial charge in [-0.2, -0.15) is 0 Å². The predicted octanol–water partition coefficient (Wildman–Crippen LogP) is 1.53. The molecular formula is C15H26N2O3. The van der Waals surface area contributed by atoms with Crippen molar-refractivity contribution in [1.82, 2.24) is 10.6 Å². The number of hydrogen-bond donors (Lipinski definition) is 3. The summed E-state index contributed by atoms with van der Waals surface area (Å²) < 4.78 is 0. The lowest BCUT2D eigenvalue weighted by Crippen LogP contribution is -2.51. The van der Waals surface area contributed by atoms with E-state index in [1.807, 2.05) is 0 Å². The van der Waals surface area contributed by atoms with E-state index >= 15 is 0 Å². The first-order valence-corrected chi connectivity index (χ1v) is 7.78. The maximum Gasteiger partial charge on any atom is 0.311 e. The summed E-state index contributed by atoms with van der Waals surface area (Å²) in [6.07, 6.45) is 6.23. The van der Waals surface area contributed by atoms with Crippen molar-refractivity contribution in [3.63, 3.8) is 0 Å². The van der Waals surface area contributed by atoms with Gasteiger partial charge in [-0.05, 0) is 51.0 Å². The third-order valence-electron chi connectivity index (χ3n) is 4.91. The topological polar surface area (TPSA) is 78.4 Å². The summed E-state index contributed by atoms with van der Waals surface area (Å²) in [7, 11) is 0. The van der Waals surface area contributed by atoms with Crippen LogP contribution in [0.5, 0.6) is 0 Å². The molecular weight excluding hydrogens is 256 g/mol. The number of carboxylic acid groups (broad SMARTS) is 1. The Bertz CT molecular complexity index is 356. The minimum atomic E-state index is -0.763. The zero-order valence-corrected chi connectivity index (χ0v) is 12.3. The molecule has 114 valence electrons. The van der Waals surface area contributed by atoms with Crippen molar-refractivity contribution in [2.24, 2.45) is 11.3 Å². The van der Waals surface area contributed by atoms with Crippen LogP contribution in [0.2, 0.25) is 0 Å². The van der Waals surface area contributed by atoms with Crippen LogP contribution in [-0.4, -0.2) is 36.1 Å². The molecule has 0 bridgehead atoms. The molecule has 2 rings (SSSR count). The molecule has 2 aliphatic rings. The third kappa shape index (κ3) is 3.51. The van der Waals surface area contributed by atoms with Crippen molar-refractivity contribution >= 4 is 11.9 Å². The number of hydrogen-bond acceptors (Lipinski definition) is 3. The Morgan fingerprint density at radius 2 is 1.95 bits per heavy atom. The molecule has 1 saturated heterocycles. The number of carboxylic acids is 1. The third-order valence-corrected chi connectivity index (χ3v) is 4.91. The summed E-state index contributed by atoms with van der Waals surface area (Å²) >= 11 is 0. The number of piperidine rings is 1. The maximum atomic E-state index is 12.1. The lowest BCUT2D eigenvalue weighted by molar-refractivity contribution is -0.151. The molecule has 0 aromatic rings. The summed E-state index contributed by atoms with van der Waals surface area (Å²) in [4.78, 5) is 23.7. The predicted molar refractivity (Wildman–Crippen MR) is 76.4 cm³/mol. The molecule has 0 aromatic heterocycles. The van der Waals surface area contributed by atoms with Crippen molar-refractivity contribution in [1.29, 1.82) is 0 Å². The van der Waals surface area contributed by atoms with E-state index in [0.717, 1.165) is 38.6 Å². The molecule has 5 heteroatoms. The molecule has 3 N–H and O–H groups in total. The normalized spacial score (nSPS) is 34.5. The van der Waals surface area contributed by atoms with Gasteiger partial charge in [0.25, 0.3) is 0 Å². The van der Waals surface area contributed by atoms with Gasteiger partial charge < -0.3 is 15.7 Å². The largest absolute Gasteiger partial charge is 0.481 e.